The second-order valence-corrected chi connectivity index (χ2v) is 9.32. The molecule has 1 amide bonds. The van der Waals surface area contributed by atoms with Gasteiger partial charge in [-0.25, -0.2) is 4.98 Å². The molecule has 0 atom stereocenters. The second kappa shape index (κ2) is 11.0. The van der Waals surface area contributed by atoms with Gasteiger partial charge >= 0.3 is 0 Å². The molecule has 7 heteroatoms. The van der Waals surface area contributed by atoms with Crippen molar-refractivity contribution in [2.75, 3.05) is 17.2 Å². The molecule has 35 heavy (non-hydrogen) atoms. The molecule has 0 saturated carbocycles. The number of thioether (sulfide) groups is 1. The minimum atomic E-state index is -0.135. The molecule has 4 aromatic rings. The molecule has 1 heterocycles. The van der Waals surface area contributed by atoms with Crippen LogP contribution in [0.1, 0.15) is 23.1 Å². The minimum absolute atomic E-state index is 0.0952. The average molecular weight is 483 g/mol. The van der Waals surface area contributed by atoms with Crippen LogP contribution in [-0.2, 0) is 11.3 Å². The van der Waals surface area contributed by atoms with Crippen molar-refractivity contribution >= 4 is 34.3 Å². The van der Waals surface area contributed by atoms with Gasteiger partial charge in [-0.1, -0.05) is 60.3 Å². The predicted octanol–water partition coefficient (Wildman–Crippen LogP) is 5.10. The average Bonchev–Trinajstić information content (AvgIpc) is 2.85. The van der Waals surface area contributed by atoms with E-state index in [9.17, 15) is 9.59 Å². The van der Waals surface area contributed by atoms with Crippen LogP contribution >= 0.6 is 11.8 Å². The van der Waals surface area contributed by atoms with Gasteiger partial charge in [-0.2, -0.15) is 5.26 Å². The topological polar surface area (TPSA) is 79.0 Å². The molecule has 0 radical (unpaired) electrons. The zero-order valence-corrected chi connectivity index (χ0v) is 20.6. The van der Waals surface area contributed by atoms with E-state index in [1.54, 1.807) is 15.5 Å². The first-order valence-corrected chi connectivity index (χ1v) is 12.4. The van der Waals surface area contributed by atoms with Gasteiger partial charge in [0.05, 0.1) is 35.7 Å². The number of aryl methyl sites for hydroxylation is 2. The molecule has 0 aliphatic rings. The first kappa shape index (κ1) is 24.2. The number of aromatic nitrogens is 2. The van der Waals surface area contributed by atoms with Crippen LogP contribution in [0.15, 0.2) is 82.7 Å². The molecule has 1 aromatic heterocycles. The van der Waals surface area contributed by atoms with Crippen molar-refractivity contribution in [3.8, 4) is 6.07 Å². The molecule has 176 valence electrons. The number of benzene rings is 3. The Hall–Kier alpha value is -3.89. The van der Waals surface area contributed by atoms with Crippen molar-refractivity contribution in [3.05, 3.63) is 99.8 Å². The van der Waals surface area contributed by atoms with Gasteiger partial charge in [0.25, 0.3) is 5.56 Å². The first-order valence-electron chi connectivity index (χ1n) is 11.4. The highest BCUT2D eigenvalue weighted by molar-refractivity contribution is 7.99. The molecule has 0 N–H and O–H groups in total. The number of amides is 1. The third-order valence-corrected chi connectivity index (χ3v) is 6.56. The van der Waals surface area contributed by atoms with E-state index in [-0.39, 0.29) is 23.6 Å². The van der Waals surface area contributed by atoms with Gasteiger partial charge in [0, 0.05) is 12.2 Å². The quantitative estimate of drug-likeness (QED) is 0.258. The van der Waals surface area contributed by atoms with Gasteiger partial charge in [-0.15, -0.1) is 0 Å². The van der Waals surface area contributed by atoms with E-state index < -0.39 is 0 Å². The largest absolute Gasteiger partial charge is 0.311 e. The number of rotatable bonds is 8. The van der Waals surface area contributed by atoms with Gasteiger partial charge < -0.3 is 4.90 Å². The van der Waals surface area contributed by atoms with Crippen LogP contribution in [0.5, 0.6) is 0 Å². The fraction of sp³-hybridized carbons (Fsp3) is 0.214. The zero-order chi connectivity index (χ0) is 24.8. The number of fused-ring (bicyclic) bond motifs is 1. The Morgan fingerprint density at radius 1 is 1.03 bits per heavy atom. The molecule has 3 aromatic carbocycles. The van der Waals surface area contributed by atoms with E-state index in [1.807, 2.05) is 80.6 Å². The van der Waals surface area contributed by atoms with Crippen molar-refractivity contribution in [1.29, 1.82) is 5.26 Å². The number of nitrogens with zero attached hydrogens (tertiary/aromatic N) is 4. The van der Waals surface area contributed by atoms with Crippen molar-refractivity contribution in [2.45, 2.75) is 32.0 Å². The maximum Gasteiger partial charge on any atom is 0.262 e. The maximum atomic E-state index is 13.3. The predicted molar refractivity (Wildman–Crippen MR) is 141 cm³/mol. The maximum absolute atomic E-state index is 13.3. The molecular formula is C28H26N4O2S. The van der Waals surface area contributed by atoms with Crippen molar-refractivity contribution in [3.63, 3.8) is 0 Å². The molecule has 0 aliphatic heterocycles. The molecule has 0 bridgehead atoms. The Balaban J connectivity index is 1.66. The van der Waals surface area contributed by atoms with Crippen molar-refractivity contribution in [1.82, 2.24) is 9.55 Å². The summed E-state index contributed by atoms with van der Waals surface area (Å²) in [5.41, 5.74) is 4.32. The fourth-order valence-electron chi connectivity index (χ4n) is 4.03. The summed E-state index contributed by atoms with van der Waals surface area (Å²) in [6.07, 6.45) is 0.232. The van der Waals surface area contributed by atoms with Crippen LogP contribution in [0.4, 0.5) is 5.69 Å². The number of anilines is 1. The minimum Gasteiger partial charge on any atom is -0.311 e. The summed E-state index contributed by atoms with van der Waals surface area (Å²) in [5.74, 6) is -0.0400. The summed E-state index contributed by atoms with van der Waals surface area (Å²) in [4.78, 5) is 33.1. The summed E-state index contributed by atoms with van der Waals surface area (Å²) in [6, 6.07) is 25.1. The number of para-hydroxylation sites is 1. The molecule has 4 rings (SSSR count). The monoisotopic (exact) mass is 482 g/mol. The number of carbonyl (C=O) groups excluding carboxylic acids is 1. The number of nitriles is 1. The van der Waals surface area contributed by atoms with Crippen LogP contribution in [0.25, 0.3) is 10.9 Å². The van der Waals surface area contributed by atoms with E-state index in [1.165, 1.54) is 11.8 Å². The molecule has 0 fully saturated rings. The summed E-state index contributed by atoms with van der Waals surface area (Å²) in [6.45, 7) is 4.64. The second-order valence-electron chi connectivity index (χ2n) is 8.38. The van der Waals surface area contributed by atoms with Crippen molar-refractivity contribution < 1.29 is 4.79 Å². The summed E-state index contributed by atoms with van der Waals surface area (Å²) >= 11 is 1.25. The Bertz CT molecular complexity index is 1440. The summed E-state index contributed by atoms with van der Waals surface area (Å²) in [7, 11) is 0. The summed E-state index contributed by atoms with van der Waals surface area (Å²) < 4.78 is 1.63. The van der Waals surface area contributed by atoms with Gasteiger partial charge in [0.2, 0.25) is 5.91 Å². The number of hydrogen-bond donors (Lipinski definition) is 0. The molecule has 0 unspecified atom stereocenters. The Morgan fingerprint density at radius 2 is 1.71 bits per heavy atom. The van der Waals surface area contributed by atoms with E-state index >= 15 is 0 Å². The van der Waals surface area contributed by atoms with Gasteiger partial charge in [-0.05, 0) is 54.8 Å². The SMILES string of the molecule is Cc1cc(C)cc(N(CCC#N)C(=O)CSc2nc3ccccc3c(=O)n2Cc2ccccc2)c1. The van der Waals surface area contributed by atoms with Crippen LogP contribution in [-0.4, -0.2) is 27.8 Å². The standard InChI is InChI=1S/C28H26N4O2S/c1-20-15-21(2)17-23(16-20)31(14-8-13-29)26(33)19-35-28-30-25-12-7-6-11-24(25)27(34)32(28)18-22-9-4-3-5-10-22/h3-7,9-12,15-17H,8,14,18-19H2,1-2H3. The van der Waals surface area contributed by atoms with E-state index in [4.69, 9.17) is 10.2 Å². The highest BCUT2D eigenvalue weighted by Crippen LogP contribution is 2.23. The molecule has 0 spiro atoms. The van der Waals surface area contributed by atoms with Gasteiger partial charge in [-0.3, -0.25) is 14.2 Å². The Morgan fingerprint density at radius 3 is 2.43 bits per heavy atom. The number of carbonyl (C=O) groups is 1. The third-order valence-electron chi connectivity index (χ3n) is 5.60. The van der Waals surface area contributed by atoms with E-state index in [0.29, 0.717) is 29.1 Å². The van der Waals surface area contributed by atoms with Crippen LogP contribution in [0.3, 0.4) is 0 Å². The lowest BCUT2D eigenvalue weighted by Crippen LogP contribution is -2.34. The van der Waals surface area contributed by atoms with Crippen LogP contribution < -0.4 is 10.5 Å². The van der Waals surface area contributed by atoms with Crippen LogP contribution in [0.2, 0.25) is 0 Å². The Labute approximate surface area is 208 Å². The highest BCUT2D eigenvalue weighted by atomic mass is 32.2. The zero-order valence-electron chi connectivity index (χ0n) is 19.8. The molecular weight excluding hydrogens is 456 g/mol. The molecule has 0 saturated heterocycles. The van der Waals surface area contributed by atoms with E-state index in [2.05, 4.69) is 6.07 Å². The molecule has 6 nitrogen and oxygen atoms in total. The van der Waals surface area contributed by atoms with Gasteiger partial charge in [0.1, 0.15) is 0 Å². The van der Waals surface area contributed by atoms with E-state index in [0.717, 1.165) is 22.4 Å². The lowest BCUT2D eigenvalue weighted by molar-refractivity contribution is -0.116. The normalized spacial score (nSPS) is 10.8. The summed E-state index contributed by atoms with van der Waals surface area (Å²) in [5, 5.41) is 10.2. The third kappa shape index (κ3) is 5.79. The lowest BCUT2D eigenvalue weighted by atomic mass is 10.1. The lowest BCUT2D eigenvalue weighted by Gasteiger charge is -2.23. The van der Waals surface area contributed by atoms with Crippen LogP contribution in [0, 0.1) is 25.2 Å². The molecule has 0 aliphatic carbocycles. The smallest absolute Gasteiger partial charge is 0.262 e. The first-order chi connectivity index (χ1) is 17.0. The highest BCUT2D eigenvalue weighted by Gasteiger charge is 2.19. The fourth-order valence-corrected chi connectivity index (χ4v) is 4.91. The van der Waals surface area contributed by atoms with Gasteiger partial charge in [0.15, 0.2) is 5.16 Å². The van der Waals surface area contributed by atoms with Crippen molar-refractivity contribution in [2.24, 2.45) is 0 Å². The number of hydrogen-bond acceptors (Lipinski definition) is 5. The Kier molecular flexibility index (Phi) is 7.64.